The maximum Gasteiger partial charge on any atom is 0.416 e. The van der Waals surface area contributed by atoms with Crippen molar-refractivity contribution >= 4 is 27.5 Å². The molecular formula is C23H28F3N3O4S. The molecule has 0 spiro atoms. The van der Waals surface area contributed by atoms with E-state index in [0.29, 0.717) is 15.9 Å². The Morgan fingerprint density at radius 3 is 2.21 bits per heavy atom. The van der Waals surface area contributed by atoms with Crippen LogP contribution in [0.1, 0.15) is 30.0 Å². The highest BCUT2D eigenvalue weighted by molar-refractivity contribution is 7.92. The van der Waals surface area contributed by atoms with Crippen molar-refractivity contribution in [1.29, 1.82) is 0 Å². The number of amides is 2. The van der Waals surface area contributed by atoms with Gasteiger partial charge in [0.1, 0.15) is 12.6 Å². The molecular weight excluding hydrogens is 471 g/mol. The lowest BCUT2D eigenvalue weighted by Crippen LogP contribution is -2.51. The number of carbonyl (C=O) groups is 2. The summed E-state index contributed by atoms with van der Waals surface area (Å²) in [6, 6.07) is 10.1. The van der Waals surface area contributed by atoms with E-state index < -0.39 is 46.2 Å². The first-order chi connectivity index (χ1) is 15.8. The molecule has 7 nitrogen and oxygen atoms in total. The van der Waals surface area contributed by atoms with Gasteiger partial charge in [-0.15, -0.1) is 0 Å². The Kier molecular flexibility index (Phi) is 8.71. The molecule has 2 amide bonds. The monoisotopic (exact) mass is 499 g/mol. The molecule has 1 atom stereocenters. The summed E-state index contributed by atoms with van der Waals surface area (Å²) in [4.78, 5) is 27.1. The largest absolute Gasteiger partial charge is 0.416 e. The van der Waals surface area contributed by atoms with Crippen LogP contribution in [-0.2, 0) is 32.3 Å². The van der Waals surface area contributed by atoms with Crippen molar-refractivity contribution in [2.45, 2.75) is 39.0 Å². The molecule has 2 aromatic rings. The van der Waals surface area contributed by atoms with Crippen LogP contribution < -0.4 is 9.62 Å². The fourth-order valence-corrected chi connectivity index (χ4v) is 4.27. The maximum atomic E-state index is 13.4. The van der Waals surface area contributed by atoms with Crippen LogP contribution in [0.4, 0.5) is 18.9 Å². The number of sulfonamides is 1. The van der Waals surface area contributed by atoms with Gasteiger partial charge >= 0.3 is 6.18 Å². The minimum absolute atomic E-state index is 0.0191. The first-order valence-corrected chi connectivity index (χ1v) is 12.3. The summed E-state index contributed by atoms with van der Waals surface area (Å²) in [5.41, 5.74) is 0.368. The number of rotatable bonds is 9. The molecule has 2 rings (SSSR count). The molecule has 2 aromatic carbocycles. The van der Waals surface area contributed by atoms with Crippen LogP contribution >= 0.6 is 0 Å². The topological polar surface area (TPSA) is 86.8 Å². The summed E-state index contributed by atoms with van der Waals surface area (Å²) < 4.78 is 65.1. The Bertz CT molecular complexity index is 1120. The third-order valence-electron chi connectivity index (χ3n) is 5.25. The van der Waals surface area contributed by atoms with Crippen LogP contribution in [-0.4, -0.2) is 51.0 Å². The van der Waals surface area contributed by atoms with Gasteiger partial charge in [0.2, 0.25) is 21.8 Å². The van der Waals surface area contributed by atoms with Crippen LogP contribution in [0.2, 0.25) is 0 Å². The number of hydrogen-bond donors (Lipinski definition) is 1. The van der Waals surface area contributed by atoms with Gasteiger partial charge < -0.3 is 10.2 Å². The van der Waals surface area contributed by atoms with Crippen molar-refractivity contribution in [3.63, 3.8) is 0 Å². The molecule has 0 saturated heterocycles. The summed E-state index contributed by atoms with van der Waals surface area (Å²) >= 11 is 0. The SMILES string of the molecule is CC[C@H](C(=O)NC)N(Cc1ccc(C)cc1)C(=O)CN(c1cccc(C(F)(F)F)c1)S(C)(=O)=O. The number of nitrogens with zero attached hydrogens (tertiary/aromatic N) is 2. The Morgan fingerprint density at radius 1 is 1.09 bits per heavy atom. The maximum absolute atomic E-state index is 13.4. The zero-order valence-electron chi connectivity index (χ0n) is 19.4. The highest BCUT2D eigenvalue weighted by atomic mass is 32.2. The van der Waals surface area contributed by atoms with Gasteiger partial charge in [-0.3, -0.25) is 13.9 Å². The average molecular weight is 500 g/mol. The summed E-state index contributed by atoms with van der Waals surface area (Å²) in [6.45, 7) is 2.85. The molecule has 0 aromatic heterocycles. The van der Waals surface area contributed by atoms with Gasteiger partial charge in [-0.1, -0.05) is 42.8 Å². The molecule has 0 saturated carbocycles. The van der Waals surface area contributed by atoms with Gasteiger partial charge in [0, 0.05) is 13.6 Å². The highest BCUT2D eigenvalue weighted by Crippen LogP contribution is 2.32. The number of likely N-dealkylation sites (N-methyl/N-ethyl adjacent to an activating group) is 1. The van der Waals surface area contributed by atoms with Crippen LogP contribution in [0.15, 0.2) is 48.5 Å². The van der Waals surface area contributed by atoms with Crippen molar-refractivity contribution in [3.05, 3.63) is 65.2 Å². The number of halogens is 3. The molecule has 0 fully saturated rings. The smallest absolute Gasteiger partial charge is 0.357 e. The van der Waals surface area contributed by atoms with E-state index in [2.05, 4.69) is 5.32 Å². The van der Waals surface area contributed by atoms with Crippen molar-refractivity contribution in [2.75, 3.05) is 24.2 Å². The lowest BCUT2D eigenvalue weighted by atomic mass is 10.1. The quantitative estimate of drug-likeness (QED) is 0.574. The molecule has 1 N–H and O–H groups in total. The van der Waals surface area contributed by atoms with Crippen LogP contribution in [0.5, 0.6) is 0 Å². The molecule has 11 heteroatoms. The van der Waals surface area contributed by atoms with Gasteiger partial charge in [-0.05, 0) is 37.1 Å². The predicted octanol–water partition coefficient (Wildman–Crippen LogP) is 3.33. The van der Waals surface area contributed by atoms with E-state index in [-0.39, 0.29) is 18.7 Å². The van der Waals surface area contributed by atoms with Gasteiger partial charge in [0.25, 0.3) is 0 Å². The number of benzene rings is 2. The molecule has 0 bridgehead atoms. The average Bonchev–Trinajstić information content (AvgIpc) is 2.77. The van der Waals surface area contributed by atoms with Crippen molar-refractivity contribution in [1.82, 2.24) is 10.2 Å². The van der Waals surface area contributed by atoms with Crippen molar-refractivity contribution in [2.24, 2.45) is 0 Å². The minimum Gasteiger partial charge on any atom is -0.357 e. The normalized spacial score (nSPS) is 12.7. The van der Waals surface area contributed by atoms with E-state index in [1.165, 1.54) is 18.0 Å². The molecule has 0 aliphatic heterocycles. The van der Waals surface area contributed by atoms with Gasteiger partial charge in [-0.25, -0.2) is 8.42 Å². The lowest BCUT2D eigenvalue weighted by Gasteiger charge is -2.32. The Balaban J connectivity index is 2.46. The second kappa shape index (κ2) is 10.9. The lowest BCUT2D eigenvalue weighted by molar-refractivity contribution is -0.140. The van der Waals surface area contributed by atoms with Crippen molar-refractivity contribution < 1.29 is 31.2 Å². The molecule has 0 radical (unpaired) electrons. The van der Waals surface area contributed by atoms with E-state index in [4.69, 9.17) is 0 Å². The predicted molar refractivity (Wildman–Crippen MR) is 124 cm³/mol. The molecule has 186 valence electrons. The fourth-order valence-electron chi connectivity index (χ4n) is 3.43. The fraction of sp³-hybridized carbons (Fsp3) is 0.391. The first-order valence-electron chi connectivity index (χ1n) is 10.5. The number of alkyl halides is 3. The molecule has 34 heavy (non-hydrogen) atoms. The van der Waals surface area contributed by atoms with E-state index >= 15 is 0 Å². The minimum atomic E-state index is -4.69. The van der Waals surface area contributed by atoms with Crippen LogP contribution in [0.25, 0.3) is 0 Å². The second-order valence-corrected chi connectivity index (χ2v) is 9.77. The molecule has 0 aliphatic rings. The van der Waals surface area contributed by atoms with Gasteiger partial charge in [0.05, 0.1) is 17.5 Å². The van der Waals surface area contributed by atoms with E-state index in [0.717, 1.165) is 24.0 Å². The van der Waals surface area contributed by atoms with Crippen molar-refractivity contribution in [3.8, 4) is 0 Å². The zero-order valence-corrected chi connectivity index (χ0v) is 20.2. The van der Waals surface area contributed by atoms with Gasteiger partial charge in [0.15, 0.2) is 0 Å². The molecule has 0 heterocycles. The molecule has 0 unspecified atom stereocenters. The number of anilines is 1. The van der Waals surface area contributed by atoms with E-state index in [1.807, 2.05) is 19.1 Å². The van der Waals surface area contributed by atoms with Crippen LogP contribution in [0, 0.1) is 6.92 Å². The first kappa shape index (κ1) is 27.2. The number of hydrogen-bond acceptors (Lipinski definition) is 4. The number of carbonyl (C=O) groups excluding carboxylic acids is 2. The Labute approximate surface area is 197 Å². The van der Waals surface area contributed by atoms with Crippen LogP contribution in [0.3, 0.4) is 0 Å². The second-order valence-electron chi connectivity index (χ2n) is 7.86. The van der Waals surface area contributed by atoms with Gasteiger partial charge in [-0.2, -0.15) is 13.2 Å². The summed E-state index contributed by atoms with van der Waals surface area (Å²) in [5.74, 6) is -1.16. The Morgan fingerprint density at radius 2 is 1.71 bits per heavy atom. The zero-order chi connectivity index (χ0) is 25.7. The Hall–Kier alpha value is -3.08. The standard InChI is InChI=1S/C23H28F3N3O4S/c1-5-20(22(31)27-3)28(14-17-11-9-16(2)10-12-17)21(30)15-29(34(4,32)33)19-8-6-7-18(13-19)23(24,25)26/h6-13,20H,5,14-15H2,1-4H3,(H,27,31)/t20-/m1/s1. The summed E-state index contributed by atoms with van der Waals surface area (Å²) in [5, 5.41) is 2.50. The number of nitrogens with one attached hydrogen (secondary N) is 1. The third-order valence-corrected chi connectivity index (χ3v) is 6.39. The summed E-state index contributed by atoms with van der Waals surface area (Å²) in [6.07, 6.45) is -3.63. The summed E-state index contributed by atoms with van der Waals surface area (Å²) in [7, 11) is -2.71. The van der Waals surface area contributed by atoms with E-state index in [1.54, 1.807) is 19.1 Å². The number of aryl methyl sites for hydroxylation is 1. The third kappa shape index (κ3) is 6.96. The highest BCUT2D eigenvalue weighted by Gasteiger charge is 2.34. The molecule has 0 aliphatic carbocycles. The van der Waals surface area contributed by atoms with E-state index in [9.17, 15) is 31.2 Å².